The highest BCUT2D eigenvalue weighted by molar-refractivity contribution is 7.91. The Kier molecular flexibility index (Phi) is 5.33. The van der Waals surface area contributed by atoms with Gasteiger partial charge < -0.3 is 4.52 Å². The summed E-state index contributed by atoms with van der Waals surface area (Å²) < 4.78 is 28.4. The number of rotatable bonds is 5. The van der Waals surface area contributed by atoms with Gasteiger partial charge in [-0.05, 0) is 19.3 Å². The number of sulfone groups is 1. The predicted molar refractivity (Wildman–Crippen MR) is 86.8 cm³/mol. The molecule has 0 aromatic carbocycles. The molecule has 0 atom stereocenters. The maximum absolute atomic E-state index is 11.5. The van der Waals surface area contributed by atoms with Gasteiger partial charge in [-0.15, -0.1) is 0 Å². The Morgan fingerprint density at radius 1 is 1.17 bits per heavy atom. The molecule has 7 nitrogen and oxygen atoms in total. The van der Waals surface area contributed by atoms with E-state index in [1.807, 2.05) is 0 Å². The van der Waals surface area contributed by atoms with Gasteiger partial charge in [0.1, 0.15) is 0 Å². The van der Waals surface area contributed by atoms with Gasteiger partial charge in [-0.3, -0.25) is 9.80 Å². The number of hydrogen-bond donors (Lipinski definition) is 0. The van der Waals surface area contributed by atoms with Gasteiger partial charge in [-0.2, -0.15) is 4.98 Å². The Balaban J connectivity index is 1.45. The summed E-state index contributed by atoms with van der Waals surface area (Å²) in [7, 11) is -2.79. The van der Waals surface area contributed by atoms with Crippen LogP contribution in [0, 0.1) is 0 Å². The molecular weight excluding hydrogens is 316 g/mol. The van der Waals surface area contributed by atoms with Crippen molar-refractivity contribution in [3.8, 4) is 0 Å². The van der Waals surface area contributed by atoms with Crippen molar-refractivity contribution in [1.82, 2.24) is 19.9 Å². The summed E-state index contributed by atoms with van der Waals surface area (Å²) in [5.41, 5.74) is 0. The third kappa shape index (κ3) is 4.51. The number of nitrogens with zero attached hydrogens (tertiary/aromatic N) is 4. The van der Waals surface area contributed by atoms with Crippen molar-refractivity contribution in [2.24, 2.45) is 0 Å². The van der Waals surface area contributed by atoms with Gasteiger partial charge >= 0.3 is 0 Å². The van der Waals surface area contributed by atoms with Crippen LogP contribution in [0.2, 0.25) is 0 Å². The third-order valence-electron chi connectivity index (χ3n) is 4.80. The summed E-state index contributed by atoms with van der Waals surface area (Å²) in [6.07, 6.45) is 4.05. The fourth-order valence-corrected chi connectivity index (χ4v) is 4.63. The van der Waals surface area contributed by atoms with Crippen LogP contribution in [-0.2, 0) is 22.8 Å². The van der Waals surface area contributed by atoms with Crippen molar-refractivity contribution in [3.05, 3.63) is 11.7 Å². The van der Waals surface area contributed by atoms with Crippen molar-refractivity contribution in [1.29, 1.82) is 0 Å². The van der Waals surface area contributed by atoms with Crippen LogP contribution in [0.1, 0.15) is 37.9 Å². The Morgan fingerprint density at radius 2 is 1.87 bits per heavy atom. The van der Waals surface area contributed by atoms with Crippen LogP contribution in [0.4, 0.5) is 0 Å². The highest BCUT2D eigenvalue weighted by Gasteiger charge is 2.29. The van der Waals surface area contributed by atoms with Crippen molar-refractivity contribution in [2.75, 3.05) is 37.7 Å². The lowest BCUT2D eigenvalue weighted by atomic mass is 10.0. The zero-order valence-corrected chi connectivity index (χ0v) is 14.6. The molecule has 2 fully saturated rings. The Labute approximate surface area is 137 Å². The molecule has 3 rings (SSSR count). The molecule has 23 heavy (non-hydrogen) atoms. The van der Waals surface area contributed by atoms with Gasteiger partial charge in [-0.1, -0.05) is 12.1 Å². The predicted octanol–water partition coefficient (Wildman–Crippen LogP) is 0.717. The second-order valence-corrected chi connectivity index (χ2v) is 8.85. The minimum absolute atomic E-state index is 0.315. The average molecular weight is 342 g/mol. The normalized spacial score (nSPS) is 24.0. The van der Waals surface area contributed by atoms with Crippen molar-refractivity contribution in [2.45, 2.75) is 45.2 Å². The number of hydrogen-bond acceptors (Lipinski definition) is 7. The standard InChI is InChI=1S/C15H26N4O3S/c1-2-3-14-16-15(22-17-14)12-18-6-4-13(5-7-18)19-8-10-23(20,21)11-9-19/h13H,2-12H2,1H3. The maximum atomic E-state index is 11.5. The molecule has 1 aromatic rings. The molecule has 130 valence electrons. The first kappa shape index (κ1) is 16.9. The van der Waals surface area contributed by atoms with E-state index in [1.54, 1.807) is 0 Å². The van der Waals surface area contributed by atoms with E-state index in [2.05, 4.69) is 26.9 Å². The average Bonchev–Trinajstić information content (AvgIpc) is 2.96. The Morgan fingerprint density at radius 3 is 2.52 bits per heavy atom. The molecule has 0 saturated carbocycles. The van der Waals surface area contributed by atoms with Crippen molar-refractivity contribution >= 4 is 9.84 Å². The second kappa shape index (κ2) is 7.27. The van der Waals surface area contributed by atoms with E-state index in [-0.39, 0.29) is 0 Å². The molecular formula is C15H26N4O3S. The maximum Gasteiger partial charge on any atom is 0.240 e. The van der Waals surface area contributed by atoms with Gasteiger partial charge in [0.2, 0.25) is 5.89 Å². The van der Waals surface area contributed by atoms with Gasteiger partial charge in [-0.25, -0.2) is 8.42 Å². The van der Waals surface area contributed by atoms with Crippen LogP contribution in [-0.4, -0.2) is 72.1 Å². The number of likely N-dealkylation sites (tertiary alicyclic amines) is 1. The van der Waals surface area contributed by atoms with E-state index >= 15 is 0 Å². The molecule has 0 aliphatic carbocycles. The van der Waals surface area contributed by atoms with Crippen LogP contribution in [0.25, 0.3) is 0 Å². The van der Waals surface area contributed by atoms with E-state index in [0.29, 0.717) is 36.5 Å². The smallest absolute Gasteiger partial charge is 0.240 e. The Bertz CT molecular complexity index is 594. The minimum atomic E-state index is -2.79. The number of aryl methyl sites for hydroxylation is 1. The molecule has 2 aliphatic heterocycles. The first-order valence-electron chi connectivity index (χ1n) is 8.54. The molecule has 3 heterocycles. The van der Waals surface area contributed by atoms with Crippen LogP contribution in [0.5, 0.6) is 0 Å². The highest BCUT2D eigenvalue weighted by Crippen LogP contribution is 2.20. The molecule has 2 aliphatic rings. The lowest BCUT2D eigenvalue weighted by molar-refractivity contribution is 0.104. The molecule has 0 bridgehead atoms. The van der Waals surface area contributed by atoms with Gasteiger partial charge in [0.05, 0.1) is 18.1 Å². The topological polar surface area (TPSA) is 79.5 Å². The first-order chi connectivity index (χ1) is 11.1. The van der Waals surface area contributed by atoms with Crippen LogP contribution >= 0.6 is 0 Å². The van der Waals surface area contributed by atoms with E-state index in [4.69, 9.17) is 4.52 Å². The van der Waals surface area contributed by atoms with E-state index in [1.165, 1.54) is 0 Å². The summed E-state index contributed by atoms with van der Waals surface area (Å²) in [5, 5.41) is 4.00. The van der Waals surface area contributed by atoms with E-state index in [9.17, 15) is 8.42 Å². The minimum Gasteiger partial charge on any atom is -0.338 e. The number of aromatic nitrogens is 2. The van der Waals surface area contributed by atoms with Crippen LogP contribution in [0.15, 0.2) is 4.52 Å². The molecule has 0 N–H and O–H groups in total. The molecule has 0 spiro atoms. The molecule has 8 heteroatoms. The van der Waals surface area contributed by atoms with Gasteiger partial charge in [0.25, 0.3) is 0 Å². The first-order valence-corrected chi connectivity index (χ1v) is 10.4. The zero-order chi connectivity index (χ0) is 16.3. The fourth-order valence-electron chi connectivity index (χ4n) is 3.41. The van der Waals surface area contributed by atoms with Crippen molar-refractivity contribution in [3.63, 3.8) is 0 Å². The fraction of sp³-hybridized carbons (Fsp3) is 0.867. The second-order valence-electron chi connectivity index (χ2n) is 6.55. The van der Waals surface area contributed by atoms with E-state index in [0.717, 1.165) is 51.1 Å². The summed E-state index contributed by atoms with van der Waals surface area (Å²) >= 11 is 0. The Hall–Kier alpha value is -0.990. The quantitative estimate of drug-likeness (QED) is 0.780. The van der Waals surface area contributed by atoms with Gasteiger partial charge in [0.15, 0.2) is 15.7 Å². The molecule has 2 saturated heterocycles. The van der Waals surface area contributed by atoms with Gasteiger partial charge in [0, 0.05) is 38.6 Å². The monoisotopic (exact) mass is 342 g/mol. The molecule has 1 aromatic heterocycles. The SMILES string of the molecule is CCCc1noc(CN2CCC(N3CCS(=O)(=O)CC3)CC2)n1. The highest BCUT2D eigenvalue weighted by atomic mass is 32.2. The number of piperidine rings is 1. The largest absolute Gasteiger partial charge is 0.338 e. The van der Waals surface area contributed by atoms with Crippen LogP contribution < -0.4 is 0 Å². The lowest BCUT2D eigenvalue weighted by Gasteiger charge is -2.39. The zero-order valence-electron chi connectivity index (χ0n) is 13.8. The lowest BCUT2D eigenvalue weighted by Crippen LogP contribution is -2.50. The summed E-state index contributed by atoms with van der Waals surface area (Å²) in [5.74, 6) is 2.13. The van der Waals surface area contributed by atoms with Crippen LogP contribution in [0.3, 0.4) is 0 Å². The molecule has 0 radical (unpaired) electrons. The molecule has 0 unspecified atom stereocenters. The third-order valence-corrected chi connectivity index (χ3v) is 6.40. The molecule has 0 amide bonds. The summed E-state index contributed by atoms with van der Waals surface area (Å²) in [6, 6.07) is 0.514. The summed E-state index contributed by atoms with van der Waals surface area (Å²) in [4.78, 5) is 9.12. The summed E-state index contributed by atoms with van der Waals surface area (Å²) in [6.45, 7) is 6.21. The van der Waals surface area contributed by atoms with Crippen molar-refractivity contribution < 1.29 is 12.9 Å². The van der Waals surface area contributed by atoms with E-state index < -0.39 is 9.84 Å².